The minimum Gasteiger partial charge on any atom is -0.465 e. The average Bonchev–Trinajstić information content (AvgIpc) is 4.08. The van der Waals surface area contributed by atoms with Crippen LogP contribution in [-0.2, 0) is 14.3 Å². The van der Waals surface area contributed by atoms with Crippen LogP contribution in [0.4, 0.5) is 9.59 Å². The number of nitrogens with zero attached hydrogens (tertiary/aromatic N) is 4. The van der Waals surface area contributed by atoms with E-state index in [1.165, 1.54) is 7.11 Å². The second-order valence-electron chi connectivity index (χ2n) is 16.8. The molecular weight excluding hydrogens is 765 g/mol. The number of methoxy groups -OCH3 is 1. The van der Waals surface area contributed by atoms with Crippen LogP contribution in [0.25, 0.3) is 33.3 Å². The fourth-order valence-electron chi connectivity index (χ4n) is 9.00. The number of hydrogen-bond donors (Lipinski definition) is 5. The van der Waals surface area contributed by atoms with E-state index in [4.69, 9.17) is 19.4 Å². The zero-order valence-electron chi connectivity index (χ0n) is 34.7. The summed E-state index contributed by atoms with van der Waals surface area (Å²) in [6.07, 6.45) is 4.90. The molecule has 0 bridgehead atoms. The molecule has 5 aromatic rings. The molecule has 15 heteroatoms. The van der Waals surface area contributed by atoms with Crippen LogP contribution in [0.15, 0.2) is 60.9 Å². The molecule has 0 saturated carbocycles. The van der Waals surface area contributed by atoms with Gasteiger partial charge in [0.15, 0.2) is 0 Å². The third-order valence-electron chi connectivity index (χ3n) is 12.3. The van der Waals surface area contributed by atoms with Gasteiger partial charge in [-0.3, -0.25) is 9.59 Å². The number of benzene rings is 3. The maximum Gasteiger partial charge on any atom is 0.407 e. The molecule has 15 nitrogen and oxygen atoms in total. The number of carbonyl (C=O) groups is 4. The number of alkyl carbamates (subject to hydrolysis) is 1. The number of fused-ring (bicyclic) bond motifs is 4. The van der Waals surface area contributed by atoms with Crippen LogP contribution in [0.1, 0.15) is 101 Å². The van der Waals surface area contributed by atoms with Gasteiger partial charge in [-0.25, -0.2) is 19.6 Å². The molecule has 314 valence electrons. The fourth-order valence-corrected chi connectivity index (χ4v) is 9.00. The van der Waals surface area contributed by atoms with Crippen molar-refractivity contribution in [2.24, 2.45) is 11.8 Å². The molecule has 0 radical (unpaired) electrons. The number of carboxylic acid groups (broad SMARTS) is 1. The van der Waals surface area contributed by atoms with Crippen molar-refractivity contribution in [3.63, 3.8) is 0 Å². The first-order chi connectivity index (χ1) is 28.8. The van der Waals surface area contributed by atoms with Crippen molar-refractivity contribution in [1.82, 2.24) is 40.4 Å². The lowest BCUT2D eigenvalue weighted by Crippen LogP contribution is -2.51. The van der Waals surface area contributed by atoms with E-state index in [-0.39, 0.29) is 41.7 Å². The van der Waals surface area contributed by atoms with Crippen molar-refractivity contribution in [3.8, 4) is 34.0 Å². The molecule has 0 spiro atoms. The summed E-state index contributed by atoms with van der Waals surface area (Å²) in [5.74, 6) is 2.33. The van der Waals surface area contributed by atoms with Crippen molar-refractivity contribution < 1.29 is 33.8 Å². The number of ether oxygens (including phenoxy) is 2. The topological polar surface area (TPSA) is 195 Å². The zero-order chi connectivity index (χ0) is 42.4. The van der Waals surface area contributed by atoms with Crippen LogP contribution in [-0.4, -0.2) is 91.1 Å². The summed E-state index contributed by atoms with van der Waals surface area (Å²) in [6.45, 7) is 10.8. The lowest BCUT2D eigenvalue weighted by molar-refractivity contribution is -0.136. The number of nitrogens with one attached hydrogen (secondary N) is 4. The van der Waals surface area contributed by atoms with Crippen molar-refractivity contribution in [3.05, 3.63) is 83.7 Å². The van der Waals surface area contributed by atoms with Crippen LogP contribution >= 0.6 is 0 Å². The average molecular weight is 817 g/mol. The van der Waals surface area contributed by atoms with Gasteiger partial charge in [0, 0.05) is 46.6 Å². The highest BCUT2D eigenvalue weighted by atomic mass is 16.5. The maximum atomic E-state index is 13.6. The molecule has 3 aliphatic heterocycles. The molecule has 5 N–H and O–H groups in total. The molecule has 4 amide bonds. The predicted molar refractivity (Wildman–Crippen MR) is 224 cm³/mol. The lowest BCUT2D eigenvalue weighted by Gasteiger charge is -2.30. The Labute approximate surface area is 348 Å². The number of hydrogen-bond acceptors (Lipinski definition) is 8. The summed E-state index contributed by atoms with van der Waals surface area (Å²) < 4.78 is 11.4. The van der Waals surface area contributed by atoms with E-state index in [0.29, 0.717) is 24.7 Å². The maximum absolute atomic E-state index is 13.6. The predicted octanol–water partition coefficient (Wildman–Crippen LogP) is 7.88. The third kappa shape index (κ3) is 7.52. The molecule has 2 fully saturated rings. The first kappa shape index (κ1) is 40.4. The molecular formula is C45H52N8O7. The molecule has 2 aromatic heterocycles. The number of rotatable bonds is 10. The van der Waals surface area contributed by atoms with Crippen molar-refractivity contribution in [2.45, 2.75) is 90.4 Å². The van der Waals surface area contributed by atoms with Gasteiger partial charge in [0.2, 0.25) is 11.8 Å². The molecule has 3 aromatic carbocycles. The second-order valence-corrected chi connectivity index (χ2v) is 16.8. The summed E-state index contributed by atoms with van der Waals surface area (Å²) in [4.78, 5) is 70.5. The number of likely N-dealkylation sites (tertiary alicyclic amines) is 2. The smallest absolute Gasteiger partial charge is 0.407 e. The van der Waals surface area contributed by atoms with Crippen molar-refractivity contribution in [2.75, 3.05) is 20.2 Å². The number of H-pyrrole nitrogens is 2. The molecule has 2 saturated heterocycles. The highest BCUT2D eigenvalue weighted by Crippen LogP contribution is 2.48. The van der Waals surface area contributed by atoms with E-state index < -0.39 is 24.3 Å². The Bertz CT molecular complexity index is 2460. The Morgan fingerprint density at radius 1 is 0.783 bits per heavy atom. The quantitative estimate of drug-likeness (QED) is 0.0932. The van der Waals surface area contributed by atoms with Gasteiger partial charge >= 0.3 is 12.2 Å². The van der Waals surface area contributed by atoms with Gasteiger partial charge in [0.05, 0.1) is 43.0 Å². The summed E-state index contributed by atoms with van der Waals surface area (Å²) in [5.41, 5.74) is 5.70. The number of imidazole rings is 2. The standard InChI is InChI=1S/C45H52N8O7/c1-23(2)37(50-44(56)57)42(54)52-17-7-9-34(52)41-47-22-33(49-41)28-13-16-36-31(20-28)25(5)29-14-11-26-19-27(12-15-30(26)39(29)60-36)32-21-46-40(48-32)35-10-8-18-53(35)43(55)38(24(3)4)51-45(58)59-6/h11-16,19-25,34-35,37-38,50H,7-10,17-18H2,1-6H3,(H,46,48)(H,47,49)(H,51,58)(H,56,57)/t25?,34-,35-,37-,38-/m0/s1. The molecule has 5 atom stereocenters. The third-order valence-corrected chi connectivity index (χ3v) is 12.3. The van der Waals surface area contributed by atoms with Crippen LogP contribution in [0.2, 0.25) is 0 Å². The molecule has 0 aliphatic carbocycles. The van der Waals surface area contributed by atoms with Gasteiger partial charge in [-0.15, -0.1) is 0 Å². The molecule has 8 rings (SSSR count). The van der Waals surface area contributed by atoms with Crippen molar-refractivity contribution in [1.29, 1.82) is 0 Å². The number of aromatic nitrogens is 4. The Kier molecular flexibility index (Phi) is 11.0. The number of aromatic amines is 2. The second kappa shape index (κ2) is 16.3. The minimum absolute atomic E-state index is 0.0400. The van der Waals surface area contributed by atoms with Gasteiger partial charge in [0.1, 0.15) is 35.2 Å². The van der Waals surface area contributed by atoms with Crippen LogP contribution in [0.3, 0.4) is 0 Å². The van der Waals surface area contributed by atoms with E-state index >= 15 is 0 Å². The van der Waals surface area contributed by atoms with Crippen LogP contribution < -0.4 is 15.4 Å². The van der Waals surface area contributed by atoms with Crippen molar-refractivity contribution >= 4 is 34.8 Å². The normalized spacial score (nSPS) is 19.5. The lowest BCUT2D eigenvalue weighted by atomic mass is 9.86. The summed E-state index contributed by atoms with van der Waals surface area (Å²) >= 11 is 0. The van der Waals surface area contributed by atoms with E-state index in [2.05, 4.69) is 63.9 Å². The molecule has 1 unspecified atom stereocenters. The molecule has 3 aliphatic rings. The van der Waals surface area contributed by atoms with Gasteiger partial charge in [0.25, 0.3) is 0 Å². The zero-order valence-corrected chi connectivity index (χ0v) is 34.7. The van der Waals surface area contributed by atoms with E-state index in [9.17, 15) is 24.3 Å². The monoisotopic (exact) mass is 816 g/mol. The van der Waals surface area contributed by atoms with Gasteiger partial charge < -0.3 is 45.0 Å². The summed E-state index contributed by atoms with van der Waals surface area (Å²) in [6, 6.07) is 14.6. The highest BCUT2D eigenvalue weighted by Gasteiger charge is 2.39. The Morgan fingerprint density at radius 2 is 1.35 bits per heavy atom. The van der Waals surface area contributed by atoms with Gasteiger partial charge in [-0.2, -0.15) is 0 Å². The highest BCUT2D eigenvalue weighted by molar-refractivity contribution is 5.94. The molecule has 60 heavy (non-hydrogen) atoms. The summed E-state index contributed by atoms with van der Waals surface area (Å²) in [5, 5.41) is 16.5. The van der Waals surface area contributed by atoms with Crippen LogP contribution in [0.5, 0.6) is 11.5 Å². The van der Waals surface area contributed by atoms with Gasteiger partial charge in [-0.05, 0) is 73.2 Å². The first-order valence-electron chi connectivity index (χ1n) is 20.8. The Hall–Kier alpha value is -6.38. The first-order valence-corrected chi connectivity index (χ1v) is 20.8. The largest absolute Gasteiger partial charge is 0.465 e. The fraction of sp³-hybridized carbons (Fsp3) is 0.422. The van der Waals surface area contributed by atoms with E-state index in [1.54, 1.807) is 11.1 Å². The van der Waals surface area contributed by atoms with E-state index in [0.717, 1.165) is 81.6 Å². The van der Waals surface area contributed by atoms with Crippen LogP contribution in [0, 0.1) is 11.8 Å². The van der Waals surface area contributed by atoms with E-state index in [1.807, 2.05) is 50.9 Å². The molecule has 5 heterocycles. The van der Waals surface area contributed by atoms with Gasteiger partial charge in [-0.1, -0.05) is 52.8 Å². The Morgan fingerprint density at radius 3 is 1.92 bits per heavy atom. The Balaban J connectivity index is 0.992. The minimum atomic E-state index is -1.22. The number of amides is 4. The summed E-state index contributed by atoms with van der Waals surface area (Å²) in [7, 11) is 1.29. The number of carbonyl (C=O) groups excluding carboxylic acids is 3. The SMILES string of the molecule is COC(=O)N[C@H](C(=O)N1CCC[C@H]1c1ncc(-c2ccc3c4c(ccc3c2)C(C)c2cc(-c3cnc([C@@H]5CCCN5C(=O)[C@@H](NC(=O)O)C(C)C)[nH]3)ccc2O4)[nH]1)C(C)C.